The maximum atomic E-state index is 6.75. The van der Waals surface area contributed by atoms with E-state index in [1.807, 2.05) is 66.7 Å². The molecule has 57 heavy (non-hydrogen) atoms. The largest absolute Gasteiger partial charge is 0.450 e. The molecule has 0 bridgehead atoms. The number of ether oxygens (including phenoxy) is 2. The number of hydrogen-bond acceptors (Lipinski definition) is 5. The molecule has 5 nitrogen and oxygen atoms in total. The quantitative estimate of drug-likeness (QED) is 0.170. The van der Waals surface area contributed by atoms with Crippen LogP contribution in [-0.2, 0) is 5.41 Å². The Labute approximate surface area is 330 Å². The zero-order chi connectivity index (χ0) is 37.8. The fourth-order valence-electron chi connectivity index (χ4n) is 8.45. The van der Waals surface area contributed by atoms with Crippen LogP contribution in [0.3, 0.4) is 0 Å². The Morgan fingerprint density at radius 2 is 0.737 bits per heavy atom. The number of rotatable bonds is 6. The number of nitrogens with zero attached hydrogens (tertiary/aromatic N) is 3. The highest BCUT2D eigenvalue weighted by Gasteiger charge is 2.47. The maximum absolute atomic E-state index is 6.75. The second kappa shape index (κ2) is 13.3. The van der Waals surface area contributed by atoms with E-state index in [-0.39, 0.29) is 0 Å². The average molecular weight is 732 g/mol. The first-order valence-corrected chi connectivity index (χ1v) is 19.1. The zero-order valence-corrected chi connectivity index (χ0v) is 30.7. The molecule has 0 saturated carbocycles. The van der Waals surface area contributed by atoms with Crippen molar-refractivity contribution in [1.82, 2.24) is 15.0 Å². The lowest BCUT2D eigenvalue weighted by atomic mass is 9.67. The van der Waals surface area contributed by atoms with E-state index in [1.165, 1.54) is 22.3 Å². The fraction of sp³-hybridized carbons (Fsp3) is 0.0192. The SMILES string of the molecule is c1ccc(-c2ccc(-c3nc(-c4ccccc4)nc(-c4ccc5c(c4)Oc4cc6c(cc4O5)C(c4ccccc4)(c4ccccc4)c4ccccc4-6)n3)cc2)cc1. The monoisotopic (exact) mass is 731 g/mol. The molecule has 0 amide bonds. The van der Waals surface area contributed by atoms with Gasteiger partial charge in [-0.25, -0.2) is 15.0 Å². The Morgan fingerprint density at radius 3 is 1.39 bits per heavy atom. The van der Waals surface area contributed by atoms with Gasteiger partial charge in [0.1, 0.15) is 0 Å². The summed E-state index contributed by atoms with van der Waals surface area (Å²) in [5.41, 5.74) is 11.4. The molecule has 0 atom stereocenters. The van der Waals surface area contributed by atoms with E-state index in [0.717, 1.165) is 38.9 Å². The smallest absolute Gasteiger partial charge is 0.170 e. The van der Waals surface area contributed by atoms with Gasteiger partial charge in [0, 0.05) is 16.7 Å². The van der Waals surface area contributed by atoms with Gasteiger partial charge < -0.3 is 9.47 Å². The van der Waals surface area contributed by atoms with E-state index in [1.54, 1.807) is 0 Å². The van der Waals surface area contributed by atoms with E-state index in [4.69, 9.17) is 24.4 Å². The summed E-state index contributed by atoms with van der Waals surface area (Å²) in [7, 11) is 0. The number of benzene rings is 8. The lowest BCUT2D eigenvalue weighted by molar-refractivity contribution is 0.359. The number of hydrogen-bond donors (Lipinski definition) is 0. The molecule has 1 aliphatic heterocycles. The van der Waals surface area contributed by atoms with Crippen LogP contribution in [0, 0.1) is 0 Å². The third kappa shape index (κ3) is 5.43. The molecule has 0 radical (unpaired) electrons. The molecule has 0 saturated heterocycles. The molecule has 0 fully saturated rings. The Morgan fingerprint density at radius 1 is 0.298 bits per heavy atom. The molecule has 8 aromatic carbocycles. The predicted octanol–water partition coefficient (Wildman–Crippen LogP) is 12.8. The van der Waals surface area contributed by atoms with Gasteiger partial charge in [0.25, 0.3) is 0 Å². The Balaban J connectivity index is 1.00. The average Bonchev–Trinajstić information content (AvgIpc) is 3.58. The number of aromatic nitrogens is 3. The first-order valence-electron chi connectivity index (χ1n) is 19.1. The summed E-state index contributed by atoms with van der Waals surface area (Å²) in [6.07, 6.45) is 0. The van der Waals surface area contributed by atoms with Crippen LogP contribution in [0.1, 0.15) is 22.3 Å². The summed E-state index contributed by atoms with van der Waals surface area (Å²) in [6.45, 7) is 0. The van der Waals surface area contributed by atoms with Gasteiger partial charge in [-0.3, -0.25) is 0 Å². The van der Waals surface area contributed by atoms with Gasteiger partial charge in [-0.1, -0.05) is 170 Å². The van der Waals surface area contributed by atoms with Crippen LogP contribution in [-0.4, -0.2) is 15.0 Å². The molecular weight excluding hydrogens is 699 g/mol. The molecule has 1 aliphatic carbocycles. The van der Waals surface area contributed by atoms with Gasteiger partial charge in [0.05, 0.1) is 5.41 Å². The Hall–Kier alpha value is -7.63. The van der Waals surface area contributed by atoms with E-state index in [9.17, 15) is 0 Å². The van der Waals surface area contributed by atoms with Gasteiger partial charge >= 0.3 is 0 Å². The van der Waals surface area contributed by atoms with Crippen molar-refractivity contribution in [2.45, 2.75) is 5.41 Å². The van der Waals surface area contributed by atoms with Crippen LogP contribution in [0.2, 0.25) is 0 Å². The summed E-state index contributed by atoms with van der Waals surface area (Å²) in [6, 6.07) is 69.1. The highest BCUT2D eigenvalue weighted by Crippen LogP contribution is 2.59. The van der Waals surface area contributed by atoms with Crippen LogP contribution in [0.5, 0.6) is 23.0 Å². The normalized spacial score (nSPS) is 13.0. The van der Waals surface area contributed by atoms with Crippen LogP contribution >= 0.6 is 0 Å². The van der Waals surface area contributed by atoms with E-state index in [0.29, 0.717) is 40.5 Å². The van der Waals surface area contributed by atoms with Crippen molar-refractivity contribution in [1.29, 1.82) is 0 Å². The lowest BCUT2D eigenvalue weighted by Crippen LogP contribution is -2.28. The summed E-state index contributed by atoms with van der Waals surface area (Å²) in [4.78, 5) is 15.0. The molecular formula is C52H33N3O2. The first kappa shape index (κ1) is 32.8. The minimum Gasteiger partial charge on any atom is -0.450 e. The summed E-state index contributed by atoms with van der Waals surface area (Å²) < 4.78 is 13.5. The lowest BCUT2D eigenvalue weighted by Gasteiger charge is -2.34. The molecule has 9 aromatic rings. The van der Waals surface area contributed by atoms with E-state index < -0.39 is 5.41 Å². The van der Waals surface area contributed by atoms with Crippen LogP contribution < -0.4 is 9.47 Å². The van der Waals surface area contributed by atoms with Gasteiger partial charge in [0.2, 0.25) is 0 Å². The topological polar surface area (TPSA) is 57.1 Å². The third-order valence-electron chi connectivity index (χ3n) is 11.1. The van der Waals surface area contributed by atoms with Gasteiger partial charge in [-0.05, 0) is 74.8 Å². The minimum atomic E-state index is -0.536. The molecule has 0 N–H and O–H groups in total. The second-order valence-electron chi connectivity index (χ2n) is 14.4. The molecule has 2 heterocycles. The van der Waals surface area contributed by atoms with Crippen molar-refractivity contribution in [2.75, 3.05) is 0 Å². The second-order valence-corrected chi connectivity index (χ2v) is 14.4. The van der Waals surface area contributed by atoms with Crippen molar-refractivity contribution in [2.24, 2.45) is 0 Å². The maximum Gasteiger partial charge on any atom is 0.170 e. The van der Waals surface area contributed by atoms with Crippen molar-refractivity contribution < 1.29 is 9.47 Å². The predicted molar refractivity (Wildman–Crippen MR) is 225 cm³/mol. The van der Waals surface area contributed by atoms with E-state index >= 15 is 0 Å². The van der Waals surface area contributed by atoms with Crippen LogP contribution in [0.25, 0.3) is 56.4 Å². The third-order valence-corrected chi connectivity index (χ3v) is 11.1. The van der Waals surface area contributed by atoms with Gasteiger partial charge in [-0.15, -0.1) is 0 Å². The summed E-state index contributed by atoms with van der Waals surface area (Å²) in [5, 5.41) is 0. The number of fused-ring (bicyclic) bond motifs is 5. The molecule has 5 heteroatoms. The van der Waals surface area contributed by atoms with Gasteiger partial charge in [-0.2, -0.15) is 0 Å². The highest BCUT2D eigenvalue weighted by molar-refractivity contribution is 5.88. The highest BCUT2D eigenvalue weighted by atomic mass is 16.6. The van der Waals surface area contributed by atoms with Gasteiger partial charge in [0.15, 0.2) is 40.5 Å². The molecule has 11 rings (SSSR count). The molecule has 268 valence electrons. The van der Waals surface area contributed by atoms with Crippen molar-refractivity contribution in [3.05, 3.63) is 222 Å². The summed E-state index contributed by atoms with van der Waals surface area (Å²) in [5.74, 6) is 4.28. The first-order chi connectivity index (χ1) is 28.2. The molecule has 2 aliphatic rings. The van der Waals surface area contributed by atoms with Crippen molar-refractivity contribution >= 4 is 0 Å². The standard InChI is InChI=1S/C52H33N3O2/c1-5-15-34(16-6-1)35-25-27-37(28-26-35)50-53-49(36-17-7-2-8-18-36)54-51(55-50)38-29-30-45-46(31-38)57-47-32-42-41-23-13-14-24-43(41)52(39-19-9-3-10-20-39,40-21-11-4-12-22-40)44(42)33-48(47)56-45/h1-33H. The van der Waals surface area contributed by atoms with E-state index in [2.05, 4.69) is 133 Å². The summed E-state index contributed by atoms with van der Waals surface area (Å²) >= 11 is 0. The van der Waals surface area contributed by atoms with Crippen molar-refractivity contribution in [3.8, 4) is 79.4 Å². The molecule has 1 aromatic heterocycles. The van der Waals surface area contributed by atoms with Crippen LogP contribution in [0.4, 0.5) is 0 Å². The minimum absolute atomic E-state index is 0.536. The fourth-order valence-corrected chi connectivity index (χ4v) is 8.45. The molecule has 0 spiro atoms. The Kier molecular flexibility index (Phi) is 7.64. The molecule has 0 unspecified atom stereocenters. The van der Waals surface area contributed by atoms with Crippen LogP contribution in [0.15, 0.2) is 200 Å². The van der Waals surface area contributed by atoms with Crippen molar-refractivity contribution in [3.63, 3.8) is 0 Å². The zero-order valence-electron chi connectivity index (χ0n) is 30.7. The Bertz CT molecular complexity index is 2890.